The molecular weight excluding hydrogens is 501 g/mol. The summed E-state index contributed by atoms with van der Waals surface area (Å²) < 4.78 is 11.7. The number of ether oxygens (including phenoxy) is 2. The Bertz CT molecular complexity index is 1440. The van der Waals surface area contributed by atoms with Crippen molar-refractivity contribution in [2.45, 2.75) is 6.92 Å². The molecule has 174 valence electrons. The number of carbonyl (C=O) groups excluding carboxylic acids is 2. The molecule has 0 unspecified atom stereocenters. The number of amides is 1. The van der Waals surface area contributed by atoms with Crippen molar-refractivity contribution in [3.05, 3.63) is 80.0 Å². The number of benzene rings is 2. The number of halogens is 2. The summed E-state index contributed by atoms with van der Waals surface area (Å²) in [5.41, 5.74) is -0.0575. The highest BCUT2D eigenvalue weighted by Gasteiger charge is 2.23. The molecule has 0 saturated carbocycles. The van der Waals surface area contributed by atoms with Crippen LogP contribution in [0.1, 0.15) is 17.4 Å². The SMILES string of the molecule is CCOC(=O)c1nn(-c2ccccc2)c(=O)c2c(NC(=O)COc3ccc(Cl)cc3Cl)scc12. The fraction of sp³-hybridized carbons (Fsp3) is 0.130. The Morgan fingerprint density at radius 3 is 2.62 bits per heavy atom. The Morgan fingerprint density at radius 2 is 1.91 bits per heavy atom. The number of nitrogens with zero attached hydrogens (tertiary/aromatic N) is 2. The van der Waals surface area contributed by atoms with E-state index in [1.807, 2.05) is 0 Å². The topological polar surface area (TPSA) is 99.5 Å². The zero-order chi connectivity index (χ0) is 24.2. The smallest absolute Gasteiger partial charge is 0.359 e. The van der Waals surface area contributed by atoms with E-state index >= 15 is 0 Å². The number of nitrogens with one attached hydrogen (secondary N) is 1. The molecule has 0 bridgehead atoms. The van der Waals surface area contributed by atoms with Crippen molar-refractivity contribution >= 4 is 62.2 Å². The van der Waals surface area contributed by atoms with Crippen LogP contribution >= 0.6 is 34.5 Å². The lowest BCUT2D eigenvalue weighted by molar-refractivity contribution is -0.118. The van der Waals surface area contributed by atoms with E-state index in [9.17, 15) is 14.4 Å². The first kappa shape index (κ1) is 23.7. The number of thiophene rings is 1. The minimum absolute atomic E-state index is 0.0266. The zero-order valence-electron chi connectivity index (χ0n) is 17.7. The highest BCUT2D eigenvalue weighted by molar-refractivity contribution is 7.16. The molecule has 0 saturated heterocycles. The van der Waals surface area contributed by atoms with Gasteiger partial charge in [0, 0.05) is 15.8 Å². The van der Waals surface area contributed by atoms with Gasteiger partial charge in [-0.05, 0) is 37.3 Å². The maximum atomic E-state index is 13.3. The van der Waals surface area contributed by atoms with Crippen molar-refractivity contribution in [1.29, 1.82) is 0 Å². The van der Waals surface area contributed by atoms with Crippen LogP contribution in [0.25, 0.3) is 16.5 Å². The summed E-state index contributed by atoms with van der Waals surface area (Å²) in [5, 5.41) is 9.89. The number of anilines is 1. The van der Waals surface area contributed by atoms with Crippen molar-refractivity contribution in [1.82, 2.24) is 9.78 Å². The fourth-order valence-electron chi connectivity index (χ4n) is 3.13. The third-order valence-electron chi connectivity index (χ3n) is 4.63. The predicted molar refractivity (Wildman–Crippen MR) is 132 cm³/mol. The Labute approximate surface area is 207 Å². The maximum Gasteiger partial charge on any atom is 0.359 e. The first-order valence-electron chi connectivity index (χ1n) is 10.0. The molecule has 4 rings (SSSR count). The van der Waals surface area contributed by atoms with E-state index in [1.165, 1.54) is 6.07 Å². The van der Waals surface area contributed by atoms with Gasteiger partial charge < -0.3 is 14.8 Å². The summed E-state index contributed by atoms with van der Waals surface area (Å²) in [6, 6.07) is 13.3. The molecule has 2 aromatic carbocycles. The molecule has 11 heteroatoms. The Balaban J connectivity index is 1.69. The number of rotatable bonds is 7. The van der Waals surface area contributed by atoms with E-state index in [2.05, 4.69) is 10.4 Å². The molecular formula is C23H17Cl2N3O5S. The highest BCUT2D eigenvalue weighted by Crippen LogP contribution is 2.31. The molecule has 0 fully saturated rings. The van der Waals surface area contributed by atoms with Crippen molar-refractivity contribution in [3.8, 4) is 11.4 Å². The van der Waals surface area contributed by atoms with Gasteiger partial charge in [0.05, 0.1) is 22.7 Å². The average Bonchev–Trinajstić information content (AvgIpc) is 3.23. The van der Waals surface area contributed by atoms with Crippen molar-refractivity contribution in [2.75, 3.05) is 18.5 Å². The van der Waals surface area contributed by atoms with Gasteiger partial charge in [0.25, 0.3) is 11.5 Å². The van der Waals surface area contributed by atoms with E-state index in [4.69, 9.17) is 32.7 Å². The van der Waals surface area contributed by atoms with Crippen molar-refractivity contribution in [3.63, 3.8) is 0 Å². The lowest BCUT2D eigenvalue weighted by Gasteiger charge is -2.10. The predicted octanol–water partition coefficient (Wildman–Crippen LogP) is 4.95. The van der Waals surface area contributed by atoms with Crippen LogP contribution in [0.4, 0.5) is 5.00 Å². The van der Waals surface area contributed by atoms with E-state index in [-0.39, 0.29) is 45.5 Å². The molecule has 2 heterocycles. The minimum atomic E-state index is -0.673. The van der Waals surface area contributed by atoms with E-state index in [0.717, 1.165) is 16.0 Å². The van der Waals surface area contributed by atoms with Crippen molar-refractivity contribution < 1.29 is 19.1 Å². The molecule has 0 radical (unpaired) electrons. The summed E-state index contributed by atoms with van der Waals surface area (Å²) >= 11 is 13.0. The van der Waals surface area contributed by atoms with Crippen LogP contribution in [0.2, 0.25) is 10.0 Å². The Hall–Kier alpha value is -3.40. The van der Waals surface area contributed by atoms with Gasteiger partial charge in [-0.25, -0.2) is 4.79 Å². The van der Waals surface area contributed by atoms with Crippen LogP contribution in [0.15, 0.2) is 58.7 Å². The second-order valence-electron chi connectivity index (χ2n) is 6.89. The standard InChI is InChI=1S/C23H17Cl2N3O5S/c1-2-32-23(31)20-15-12-34-21(19(15)22(30)28(27-20)14-6-4-3-5-7-14)26-18(29)11-33-17-9-8-13(24)10-16(17)25/h3-10,12H,2,11H2,1H3,(H,26,29). The van der Waals surface area contributed by atoms with E-state index in [1.54, 1.807) is 54.8 Å². The van der Waals surface area contributed by atoms with E-state index < -0.39 is 17.4 Å². The van der Waals surface area contributed by atoms with Crippen LogP contribution in [0.5, 0.6) is 5.75 Å². The van der Waals surface area contributed by atoms with Gasteiger partial charge in [-0.15, -0.1) is 11.3 Å². The van der Waals surface area contributed by atoms with Crippen LogP contribution < -0.4 is 15.6 Å². The average molecular weight is 518 g/mol. The highest BCUT2D eigenvalue weighted by atomic mass is 35.5. The molecule has 0 aliphatic heterocycles. The van der Waals surface area contributed by atoms with Gasteiger partial charge in [-0.1, -0.05) is 41.4 Å². The van der Waals surface area contributed by atoms with Crippen LogP contribution in [0.3, 0.4) is 0 Å². The van der Waals surface area contributed by atoms with Crippen LogP contribution in [-0.4, -0.2) is 34.9 Å². The second kappa shape index (κ2) is 10.3. The van der Waals surface area contributed by atoms with Gasteiger partial charge in [-0.3, -0.25) is 9.59 Å². The first-order chi connectivity index (χ1) is 16.4. The van der Waals surface area contributed by atoms with Gasteiger partial charge >= 0.3 is 5.97 Å². The quantitative estimate of drug-likeness (QED) is 0.348. The Kier molecular flexibility index (Phi) is 7.16. The van der Waals surface area contributed by atoms with Gasteiger partial charge in [0.2, 0.25) is 0 Å². The zero-order valence-corrected chi connectivity index (χ0v) is 20.0. The number of fused-ring (bicyclic) bond motifs is 1. The molecule has 1 amide bonds. The fourth-order valence-corrected chi connectivity index (χ4v) is 4.55. The summed E-state index contributed by atoms with van der Waals surface area (Å²) in [6.07, 6.45) is 0. The Morgan fingerprint density at radius 1 is 1.15 bits per heavy atom. The van der Waals surface area contributed by atoms with Gasteiger partial charge in [0.1, 0.15) is 10.8 Å². The molecule has 2 aromatic heterocycles. The summed E-state index contributed by atoms with van der Waals surface area (Å²) in [6.45, 7) is 1.46. The summed E-state index contributed by atoms with van der Waals surface area (Å²) in [7, 11) is 0. The first-order valence-corrected chi connectivity index (χ1v) is 11.7. The molecule has 0 aliphatic rings. The summed E-state index contributed by atoms with van der Waals surface area (Å²) in [5.74, 6) is -0.902. The number of esters is 1. The molecule has 0 aliphatic carbocycles. The monoisotopic (exact) mass is 517 g/mol. The largest absolute Gasteiger partial charge is 0.482 e. The third kappa shape index (κ3) is 4.91. The lowest BCUT2D eigenvalue weighted by atomic mass is 10.2. The van der Waals surface area contributed by atoms with E-state index in [0.29, 0.717) is 10.7 Å². The van der Waals surface area contributed by atoms with Crippen LogP contribution in [-0.2, 0) is 9.53 Å². The van der Waals surface area contributed by atoms with Crippen LogP contribution in [0, 0.1) is 0 Å². The molecule has 0 atom stereocenters. The van der Waals surface area contributed by atoms with Gasteiger partial charge in [0.15, 0.2) is 12.3 Å². The van der Waals surface area contributed by atoms with Crippen molar-refractivity contribution in [2.24, 2.45) is 0 Å². The minimum Gasteiger partial charge on any atom is -0.482 e. The summed E-state index contributed by atoms with van der Waals surface area (Å²) in [4.78, 5) is 38.5. The third-order valence-corrected chi connectivity index (χ3v) is 6.05. The number of para-hydroxylation sites is 1. The molecule has 0 spiro atoms. The molecule has 8 nitrogen and oxygen atoms in total. The number of hydrogen-bond donors (Lipinski definition) is 1. The number of aromatic nitrogens is 2. The van der Waals surface area contributed by atoms with Gasteiger partial charge in [-0.2, -0.15) is 9.78 Å². The second-order valence-corrected chi connectivity index (χ2v) is 8.61. The molecule has 4 aromatic rings. The number of carbonyl (C=O) groups is 2. The molecule has 1 N–H and O–H groups in total. The number of hydrogen-bond acceptors (Lipinski definition) is 7. The lowest BCUT2D eigenvalue weighted by Crippen LogP contribution is -2.26. The molecule has 34 heavy (non-hydrogen) atoms. The maximum absolute atomic E-state index is 13.3. The normalized spacial score (nSPS) is 10.8.